The van der Waals surface area contributed by atoms with Gasteiger partial charge in [0, 0.05) is 26.2 Å². The molecule has 0 amide bonds. The second kappa shape index (κ2) is 8.15. The van der Waals surface area contributed by atoms with Crippen molar-refractivity contribution >= 4 is 18.1 Å². The molecule has 0 aromatic carbocycles. The van der Waals surface area contributed by atoms with Crippen LogP contribution in [0.1, 0.15) is 0 Å². The summed E-state index contributed by atoms with van der Waals surface area (Å²) in [5.41, 5.74) is 0. The first-order valence-electron chi connectivity index (χ1n) is 5.73. The standard InChI is InChI=1S/C12H20N2O4S2/c1-5-9-13(10-6-2)19(15,16)20(17,18)14(11-7-3)12-8-4/h5-8H,1-4,9-12H2. The predicted octanol–water partition coefficient (Wildman–Crippen LogP) is 0.909. The van der Waals surface area contributed by atoms with Crippen LogP contribution in [0, 0.1) is 0 Å². The van der Waals surface area contributed by atoms with Crippen LogP contribution in [-0.4, -0.2) is 51.6 Å². The molecule has 0 aliphatic carbocycles. The van der Waals surface area contributed by atoms with Crippen molar-refractivity contribution in [1.29, 1.82) is 0 Å². The van der Waals surface area contributed by atoms with E-state index in [4.69, 9.17) is 0 Å². The molecule has 0 heterocycles. The van der Waals surface area contributed by atoms with Gasteiger partial charge in [0.05, 0.1) is 0 Å². The van der Waals surface area contributed by atoms with E-state index < -0.39 is 18.1 Å². The van der Waals surface area contributed by atoms with Gasteiger partial charge in [-0.05, 0) is 0 Å². The van der Waals surface area contributed by atoms with E-state index >= 15 is 0 Å². The van der Waals surface area contributed by atoms with Gasteiger partial charge in [0.15, 0.2) is 0 Å². The summed E-state index contributed by atoms with van der Waals surface area (Å²) in [5, 5.41) is 0. The zero-order valence-corrected chi connectivity index (χ0v) is 12.9. The lowest BCUT2D eigenvalue weighted by Crippen LogP contribution is -2.44. The summed E-state index contributed by atoms with van der Waals surface area (Å²) < 4.78 is 50.6. The van der Waals surface area contributed by atoms with Crippen molar-refractivity contribution in [2.75, 3.05) is 26.2 Å². The van der Waals surface area contributed by atoms with Crippen molar-refractivity contribution in [1.82, 2.24) is 8.61 Å². The zero-order chi connectivity index (χ0) is 15.8. The first-order chi connectivity index (χ1) is 9.29. The Morgan fingerprint density at radius 1 is 0.600 bits per heavy atom. The van der Waals surface area contributed by atoms with Gasteiger partial charge in [0.2, 0.25) is 0 Å². The number of nitrogens with zero attached hydrogens (tertiary/aromatic N) is 2. The third-order valence-corrected chi connectivity index (χ3v) is 7.48. The third kappa shape index (κ3) is 4.14. The maximum atomic E-state index is 12.3. The van der Waals surface area contributed by atoms with Crippen molar-refractivity contribution in [3.8, 4) is 0 Å². The predicted molar refractivity (Wildman–Crippen MR) is 81.8 cm³/mol. The second-order valence-corrected chi connectivity index (χ2v) is 8.98. The molecule has 8 heteroatoms. The lowest BCUT2D eigenvalue weighted by molar-refractivity contribution is 0.457. The average Bonchev–Trinajstić information content (AvgIpc) is 2.38. The van der Waals surface area contributed by atoms with Gasteiger partial charge in [-0.1, -0.05) is 24.3 Å². The largest absolute Gasteiger partial charge is 0.334 e. The Hall–Kier alpha value is -1.22. The molecule has 20 heavy (non-hydrogen) atoms. The van der Waals surface area contributed by atoms with Crippen molar-refractivity contribution < 1.29 is 16.8 Å². The number of hydrogen-bond donors (Lipinski definition) is 0. The highest BCUT2D eigenvalue weighted by Gasteiger charge is 2.39. The van der Waals surface area contributed by atoms with E-state index in [2.05, 4.69) is 26.3 Å². The van der Waals surface area contributed by atoms with Gasteiger partial charge < -0.3 is 0 Å². The lowest BCUT2D eigenvalue weighted by atomic mass is 10.5. The molecule has 0 fully saturated rings. The van der Waals surface area contributed by atoms with Crippen molar-refractivity contribution in [2.45, 2.75) is 0 Å². The maximum Gasteiger partial charge on any atom is 0.334 e. The summed E-state index contributed by atoms with van der Waals surface area (Å²) in [4.78, 5) is 0. The molecule has 0 rings (SSSR count). The Bertz CT molecular complexity index is 492. The molecule has 0 N–H and O–H groups in total. The Morgan fingerprint density at radius 2 is 0.800 bits per heavy atom. The van der Waals surface area contributed by atoms with E-state index in [1.807, 2.05) is 0 Å². The Balaban J connectivity index is 5.71. The topological polar surface area (TPSA) is 74.8 Å². The van der Waals surface area contributed by atoms with Crippen LogP contribution >= 0.6 is 0 Å². The molecule has 0 aromatic heterocycles. The maximum absolute atomic E-state index is 12.3. The molecular weight excluding hydrogens is 300 g/mol. The third-order valence-electron chi connectivity index (χ3n) is 2.23. The molecule has 0 radical (unpaired) electrons. The van der Waals surface area contributed by atoms with E-state index in [-0.39, 0.29) is 26.2 Å². The van der Waals surface area contributed by atoms with Gasteiger partial charge in [0.1, 0.15) is 0 Å². The van der Waals surface area contributed by atoms with Gasteiger partial charge in [0.25, 0.3) is 0 Å². The minimum atomic E-state index is -4.58. The van der Waals surface area contributed by atoms with E-state index in [1.165, 1.54) is 24.3 Å². The summed E-state index contributed by atoms with van der Waals surface area (Å²) in [6.07, 6.45) is 5.23. The number of rotatable bonds is 11. The fourth-order valence-electron chi connectivity index (χ4n) is 1.36. The van der Waals surface area contributed by atoms with E-state index in [0.717, 1.165) is 8.61 Å². The first-order valence-corrected chi connectivity index (χ1v) is 9.13. The fourth-order valence-corrected chi connectivity index (χ4v) is 5.37. The molecule has 0 aliphatic rings. The monoisotopic (exact) mass is 320 g/mol. The molecule has 0 unspecified atom stereocenters. The van der Waals surface area contributed by atoms with Gasteiger partial charge in [-0.15, -0.1) is 26.3 Å². The smallest absolute Gasteiger partial charge is 0.194 e. The quantitative estimate of drug-likeness (QED) is 0.419. The normalized spacial score (nSPS) is 12.3. The summed E-state index contributed by atoms with van der Waals surface area (Å²) in [6, 6.07) is 0. The minimum absolute atomic E-state index is 0.121. The van der Waals surface area contributed by atoms with Crippen molar-refractivity contribution in [3.63, 3.8) is 0 Å². The van der Waals surface area contributed by atoms with Crippen molar-refractivity contribution in [3.05, 3.63) is 50.6 Å². The van der Waals surface area contributed by atoms with Gasteiger partial charge in [-0.25, -0.2) is 0 Å². The van der Waals surface area contributed by atoms with Crippen LogP contribution in [-0.2, 0) is 18.1 Å². The fraction of sp³-hybridized carbons (Fsp3) is 0.333. The van der Waals surface area contributed by atoms with Gasteiger partial charge >= 0.3 is 18.1 Å². The Labute approximate surface area is 120 Å². The highest BCUT2D eigenvalue weighted by molar-refractivity contribution is 8.65. The van der Waals surface area contributed by atoms with Crippen LogP contribution in [0.5, 0.6) is 0 Å². The van der Waals surface area contributed by atoms with E-state index in [0.29, 0.717) is 0 Å². The molecule has 0 bridgehead atoms. The molecule has 0 aromatic rings. The Morgan fingerprint density at radius 3 is 0.950 bits per heavy atom. The molecule has 6 nitrogen and oxygen atoms in total. The van der Waals surface area contributed by atoms with Crippen LogP contribution in [0.3, 0.4) is 0 Å². The van der Waals surface area contributed by atoms with Crippen molar-refractivity contribution in [2.24, 2.45) is 0 Å². The minimum Gasteiger partial charge on any atom is -0.194 e. The van der Waals surface area contributed by atoms with E-state index in [1.54, 1.807) is 0 Å². The summed E-state index contributed by atoms with van der Waals surface area (Å²) >= 11 is 0. The van der Waals surface area contributed by atoms with Crippen LogP contribution < -0.4 is 0 Å². The average molecular weight is 320 g/mol. The molecule has 0 saturated carbocycles. The van der Waals surface area contributed by atoms with Crippen LogP contribution in [0.4, 0.5) is 0 Å². The van der Waals surface area contributed by atoms with Crippen LogP contribution in [0.2, 0.25) is 0 Å². The van der Waals surface area contributed by atoms with Gasteiger partial charge in [-0.2, -0.15) is 25.4 Å². The Kier molecular flexibility index (Phi) is 7.66. The zero-order valence-electron chi connectivity index (χ0n) is 11.3. The summed E-state index contributed by atoms with van der Waals surface area (Å²) in [6.45, 7) is 13.2. The summed E-state index contributed by atoms with van der Waals surface area (Å²) in [7, 11) is -9.15. The van der Waals surface area contributed by atoms with E-state index in [9.17, 15) is 16.8 Å². The molecule has 114 valence electrons. The number of hydrogen-bond acceptors (Lipinski definition) is 4. The molecule has 0 atom stereocenters. The van der Waals surface area contributed by atoms with Gasteiger partial charge in [-0.3, -0.25) is 0 Å². The SMILES string of the molecule is C=CCN(CC=C)S(=O)(=O)S(=O)(=O)N(CC=C)CC=C. The molecule has 0 spiro atoms. The second-order valence-electron chi connectivity index (χ2n) is 3.70. The highest BCUT2D eigenvalue weighted by atomic mass is 33.2. The van der Waals surface area contributed by atoms with Crippen LogP contribution in [0.25, 0.3) is 0 Å². The lowest BCUT2D eigenvalue weighted by Gasteiger charge is -2.24. The summed E-state index contributed by atoms with van der Waals surface area (Å²) in [5.74, 6) is 0. The molecule has 0 aliphatic heterocycles. The molecular formula is C12H20N2O4S2. The molecule has 0 saturated heterocycles. The highest BCUT2D eigenvalue weighted by Crippen LogP contribution is 2.16. The van der Waals surface area contributed by atoms with Crippen LogP contribution in [0.15, 0.2) is 50.6 Å². The first kappa shape index (κ1) is 18.8.